The van der Waals surface area contributed by atoms with Gasteiger partial charge in [-0.3, -0.25) is 0 Å². The number of rotatable bonds is 3. The van der Waals surface area contributed by atoms with Gasteiger partial charge in [-0.25, -0.2) is 0 Å². The van der Waals surface area contributed by atoms with Gasteiger partial charge in [-0.1, -0.05) is 48.5 Å². The SMILES string of the molecule is OC1(CNC2c3ccccc3-c3ccccc32)CCNC1. The van der Waals surface area contributed by atoms with Crippen molar-refractivity contribution < 1.29 is 5.11 Å². The largest absolute Gasteiger partial charge is 0.387 e. The molecule has 4 rings (SSSR count). The van der Waals surface area contributed by atoms with E-state index < -0.39 is 5.60 Å². The molecule has 108 valence electrons. The highest BCUT2D eigenvalue weighted by Gasteiger charge is 2.34. The van der Waals surface area contributed by atoms with Crippen LogP contribution in [0.15, 0.2) is 48.5 Å². The molecule has 2 aliphatic rings. The lowest BCUT2D eigenvalue weighted by Crippen LogP contribution is -2.43. The fourth-order valence-electron chi connectivity index (χ4n) is 3.55. The lowest BCUT2D eigenvalue weighted by Gasteiger charge is -2.25. The van der Waals surface area contributed by atoms with Crippen molar-refractivity contribution in [2.75, 3.05) is 19.6 Å². The standard InChI is InChI=1S/C18H20N2O/c21-18(9-10-19-11-18)12-20-17-15-7-3-1-5-13(15)14-6-2-4-8-16(14)17/h1-8,17,19-21H,9-12H2. The summed E-state index contributed by atoms with van der Waals surface area (Å²) in [7, 11) is 0. The first-order valence-electron chi connectivity index (χ1n) is 7.62. The number of aliphatic hydroxyl groups is 1. The fourth-order valence-corrected chi connectivity index (χ4v) is 3.55. The molecule has 3 nitrogen and oxygen atoms in total. The third-order valence-electron chi connectivity index (χ3n) is 4.69. The van der Waals surface area contributed by atoms with Crippen molar-refractivity contribution in [3.63, 3.8) is 0 Å². The number of benzene rings is 2. The highest BCUT2D eigenvalue weighted by atomic mass is 16.3. The molecule has 0 saturated carbocycles. The maximum atomic E-state index is 10.5. The summed E-state index contributed by atoms with van der Waals surface area (Å²) in [5, 5.41) is 17.3. The topological polar surface area (TPSA) is 44.3 Å². The van der Waals surface area contributed by atoms with Crippen LogP contribution in [0.25, 0.3) is 11.1 Å². The van der Waals surface area contributed by atoms with Crippen molar-refractivity contribution in [1.82, 2.24) is 10.6 Å². The average Bonchev–Trinajstić information content (AvgIpc) is 3.08. The van der Waals surface area contributed by atoms with Gasteiger partial charge in [0.25, 0.3) is 0 Å². The molecule has 3 heteroatoms. The van der Waals surface area contributed by atoms with E-state index in [1.807, 2.05) is 0 Å². The van der Waals surface area contributed by atoms with Crippen molar-refractivity contribution in [3.05, 3.63) is 59.7 Å². The summed E-state index contributed by atoms with van der Waals surface area (Å²) >= 11 is 0. The zero-order valence-electron chi connectivity index (χ0n) is 12.0. The predicted octanol–water partition coefficient (Wildman–Crippen LogP) is 2.07. The summed E-state index contributed by atoms with van der Waals surface area (Å²) in [6.07, 6.45) is 0.815. The van der Waals surface area contributed by atoms with E-state index in [-0.39, 0.29) is 6.04 Å². The molecule has 1 heterocycles. The maximum absolute atomic E-state index is 10.5. The van der Waals surface area contributed by atoms with Gasteiger partial charge in [0.1, 0.15) is 0 Å². The van der Waals surface area contributed by atoms with Gasteiger partial charge >= 0.3 is 0 Å². The van der Waals surface area contributed by atoms with E-state index in [0.29, 0.717) is 13.1 Å². The predicted molar refractivity (Wildman–Crippen MR) is 84.2 cm³/mol. The van der Waals surface area contributed by atoms with Crippen LogP contribution in [0, 0.1) is 0 Å². The van der Waals surface area contributed by atoms with E-state index in [0.717, 1.165) is 13.0 Å². The van der Waals surface area contributed by atoms with Gasteiger partial charge in [-0.05, 0) is 35.2 Å². The third kappa shape index (κ3) is 2.18. The first-order valence-corrected chi connectivity index (χ1v) is 7.62. The summed E-state index contributed by atoms with van der Waals surface area (Å²) in [6.45, 7) is 2.19. The summed E-state index contributed by atoms with van der Waals surface area (Å²) < 4.78 is 0. The second kappa shape index (κ2) is 4.95. The molecule has 0 radical (unpaired) electrons. The normalized spacial score (nSPS) is 24.0. The van der Waals surface area contributed by atoms with Crippen LogP contribution in [-0.4, -0.2) is 30.3 Å². The van der Waals surface area contributed by atoms with E-state index in [9.17, 15) is 5.11 Å². The van der Waals surface area contributed by atoms with E-state index in [2.05, 4.69) is 59.2 Å². The Kier molecular flexibility index (Phi) is 3.07. The quantitative estimate of drug-likeness (QED) is 0.806. The first kappa shape index (κ1) is 13.0. The molecule has 3 N–H and O–H groups in total. The van der Waals surface area contributed by atoms with Gasteiger partial charge in [0.2, 0.25) is 0 Å². The van der Waals surface area contributed by atoms with E-state index in [1.165, 1.54) is 22.3 Å². The molecular weight excluding hydrogens is 260 g/mol. The van der Waals surface area contributed by atoms with E-state index in [4.69, 9.17) is 0 Å². The lowest BCUT2D eigenvalue weighted by molar-refractivity contribution is 0.0594. The Morgan fingerprint density at radius 1 is 1.05 bits per heavy atom. The number of hydrogen-bond donors (Lipinski definition) is 3. The van der Waals surface area contributed by atoms with Crippen LogP contribution >= 0.6 is 0 Å². The van der Waals surface area contributed by atoms with Gasteiger partial charge in [0.05, 0.1) is 11.6 Å². The van der Waals surface area contributed by atoms with Gasteiger partial charge < -0.3 is 15.7 Å². The highest BCUT2D eigenvalue weighted by Crippen LogP contribution is 2.43. The molecule has 1 unspecified atom stereocenters. The second-order valence-electron chi connectivity index (χ2n) is 6.14. The number of fused-ring (bicyclic) bond motifs is 3. The molecular formula is C18H20N2O. The maximum Gasteiger partial charge on any atom is 0.0907 e. The minimum absolute atomic E-state index is 0.182. The summed E-state index contributed by atoms with van der Waals surface area (Å²) in [6, 6.07) is 17.3. The van der Waals surface area contributed by atoms with Crippen molar-refractivity contribution in [2.24, 2.45) is 0 Å². The van der Waals surface area contributed by atoms with Crippen molar-refractivity contribution >= 4 is 0 Å². The number of hydrogen-bond acceptors (Lipinski definition) is 3. The molecule has 1 aliphatic carbocycles. The molecule has 0 bridgehead atoms. The Morgan fingerprint density at radius 3 is 2.24 bits per heavy atom. The summed E-state index contributed by atoms with van der Waals surface area (Å²) in [5.74, 6) is 0. The first-order chi connectivity index (χ1) is 10.3. The van der Waals surface area contributed by atoms with E-state index in [1.54, 1.807) is 0 Å². The molecule has 21 heavy (non-hydrogen) atoms. The van der Waals surface area contributed by atoms with Crippen LogP contribution in [0.2, 0.25) is 0 Å². The van der Waals surface area contributed by atoms with Gasteiger partial charge in [-0.2, -0.15) is 0 Å². The molecule has 1 fully saturated rings. The highest BCUT2D eigenvalue weighted by molar-refractivity contribution is 5.78. The molecule has 0 aromatic heterocycles. The van der Waals surface area contributed by atoms with Gasteiger partial charge in [-0.15, -0.1) is 0 Å². The van der Waals surface area contributed by atoms with Crippen LogP contribution in [0.3, 0.4) is 0 Å². The Balaban J connectivity index is 1.65. The van der Waals surface area contributed by atoms with Crippen LogP contribution in [0.4, 0.5) is 0 Å². The number of nitrogens with one attached hydrogen (secondary N) is 2. The van der Waals surface area contributed by atoms with Crippen LogP contribution in [-0.2, 0) is 0 Å². The van der Waals surface area contributed by atoms with Gasteiger partial charge in [0, 0.05) is 13.1 Å². The lowest BCUT2D eigenvalue weighted by atomic mass is 10.0. The fraction of sp³-hybridized carbons (Fsp3) is 0.333. The zero-order valence-corrected chi connectivity index (χ0v) is 12.0. The molecule has 1 saturated heterocycles. The molecule has 1 atom stereocenters. The van der Waals surface area contributed by atoms with Crippen LogP contribution in [0.1, 0.15) is 23.6 Å². The monoisotopic (exact) mass is 280 g/mol. The summed E-state index contributed by atoms with van der Waals surface area (Å²) in [5.41, 5.74) is 4.62. The smallest absolute Gasteiger partial charge is 0.0907 e. The zero-order chi connectivity index (χ0) is 14.3. The second-order valence-corrected chi connectivity index (χ2v) is 6.14. The molecule has 1 aliphatic heterocycles. The van der Waals surface area contributed by atoms with Crippen molar-refractivity contribution in [3.8, 4) is 11.1 Å². The summed E-state index contributed by atoms with van der Waals surface area (Å²) in [4.78, 5) is 0. The third-order valence-corrected chi connectivity index (χ3v) is 4.69. The Morgan fingerprint density at radius 2 is 1.67 bits per heavy atom. The Bertz CT molecular complexity index is 616. The molecule has 2 aromatic rings. The van der Waals surface area contributed by atoms with Crippen molar-refractivity contribution in [1.29, 1.82) is 0 Å². The minimum atomic E-state index is -0.619. The van der Waals surface area contributed by atoms with E-state index >= 15 is 0 Å². The van der Waals surface area contributed by atoms with Gasteiger partial charge in [0.15, 0.2) is 0 Å². The van der Waals surface area contributed by atoms with Crippen LogP contribution in [0.5, 0.6) is 0 Å². The van der Waals surface area contributed by atoms with Crippen LogP contribution < -0.4 is 10.6 Å². The molecule has 0 amide bonds. The minimum Gasteiger partial charge on any atom is -0.387 e. The van der Waals surface area contributed by atoms with Crippen molar-refractivity contribution in [2.45, 2.75) is 18.1 Å². The average molecular weight is 280 g/mol. The Hall–Kier alpha value is -1.68. The molecule has 2 aromatic carbocycles. The number of β-amino-alcohol motifs (C(OH)–C–C–N with tert-alkyl or cyclic N) is 1. The Labute approximate surface area is 125 Å². The molecule has 0 spiro atoms.